The fraction of sp³-hybridized carbons (Fsp3) is 0.625. The van der Waals surface area contributed by atoms with Crippen molar-refractivity contribution in [2.24, 2.45) is 0 Å². The molecule has 2 unspecified atom stereocenters. The molecule has 1 N–H and O–H groups in total. The highest BCUT2D eigenvalue weighted by molar-refractivity contribution is 5.28. The van der Waals surface area contributed by atoms with Gasteiger partial charge >= 0.3 is 0 Å². The van der Waals surface area contributed by atoms with E-state index in [1.165, 1.54) is 45.3 Å². The van der Waals surface area contributed by atoms with E-state index in [-0.39, 0.29) is 0 Å². The zero-order valence-electron chi connectivity index (χ0n) is 11.4. The second kappa shape index (κ2) is 5.41. The predicted molar refractivity (Wildman–Crippen MR) is 75.9 cm³/mol. The van der Waals surface area contributed by atoms with Gasteiger partial charge in [0.15, 0.2) is 0 Å². The van der Waals surface area contributed by atoms with Crippen molar-refractivity contribution >= 4 is 0 Å². The third-order valence-electron chi connectivity index (χ3n) is 4.61. The minimum Gasteiger partial charge on any atom is -0.313 e. The molecule has 98 valence electrons. The smallest absolute Gasteiger partial charge is 0.0221 e. The number of hydrogen-bond donors (Lipinski definition) is 1. The summed E-state index contributed by atoms with van der Waals surface area (Å²) in [5.41, 5.74) is 3.13. The summed E-state index contributed by atoms with van der Waals surface area (Å²) in [5.74, 6) is 0. The highest BCUT2D eigenvalue weighted by Gasteiger charge is 2.24. The lowest BCUT2D eigenvalue weighted by molar-refractivity contribution is 0.160. The molecule has 0 radical (unpaired) electrons. The van der Waals surface area contributed by atoms with Crippen molar-refractivity contribution in [1.29, 1.82) is 0 Å². The topological polar surface area (TPSA) is 15.3 Å². The lowest BCUT2D eigenvalue weighted by Gasteiger charge is -2.36. The quantitative estimate of drug-likeness (QED) is 0.815. The number of benzene rings is 1. The van der Waals surface area contributed by atoms with Gasteiger partial charge in [0.2, 0.25) is 0 Å². The van der Waals surface area contributed by atoms with Gasteiger partial charge in [0, 0.05) is 31.7 Å². The summed E-state index contributed by atoms with van der Waals surface area (Å²) in [6, 6.07) is 10.4. The molecule has 2 aliphatic rings. The Kier molecular flexibility index (Phi) is 3.67. The third kappa shape index (κ3) is 2.60. The van der Waals surface area contributed by atoms with Crippen molar-refractivity contribution in [3.8, 4) is 0 Å². The van der Waals surface area contributed by atoms with Crippen molar-refractivity contribution in [2.75, 3.05) is 19.6 Å². The first kappa shape index (κ1) is 12.2. The Bertz CT molecular complexity index is 367. The molecule has 0 amide bonds. The van der Waals surface area contributed by atoms with Crippen molar-refractivity contribution in [3.05, 3.63) is 35.4 Å². The molecule has 0 aliphatic carbocycles. The zero-order valence-corrected chi connectivity index (χ0v) is 11.4. The molecule has 0 spiro atoms. The summed E-state index contributed by atoms with van der Waals surface area (Å²) in [7, 11) is 0. The van der Waals surface area contributed by atoms with E-state index in [1.807, 2.05) is 0 Å². The normalized spacial score (nSPS) is 29.6. The maximum Gasteiger partial charge on any atom is 0.0221 e. The van der Waals surface area contributed by atoms with E-state index in [0.717, 1.165) is 6.04 Å². The van der Waals surface area contributed by atoms with Crippen LogP contribution in [0.4, 0.5) is 0 Å². The summed E-state index contributed by atoms with van der Waals surface area (Å²) in [6.07, 6.45) is 5.14. The second-order valence-corrected chi connectivity index (χ2v) is 5.85. The van der Waals surface area contributed by atoms with Gasteiger partial charge in [-0.05, 0) is 43.7 Å². The fourth-order valence-corrected chi connectivity index (χ4v) is 3.35. The average Bonchev–Trinajstić information content (AvgIpc) is 2.62. The molecule has 2 atom stereocenters. The second-order valence-electron chi connectivity index (χ2n) is 5.85. The molecule has 1 aromatic carbocycles. The van der Waals surface area contributed by atoms with Crippen LogP contribution in [0.25, 0.3) is 0 Å². The summed E-state index contributed by atoms with van der Waals surface area (Å²) in [5, 5.41) is 3.63. The molecule has 1 saturated heterocycles. The Morgan fingerprint density at radius 3 is 2.28 bits per heavy atom. The number of piperidine rings is 1. The van der Waals surface area contributed by atoms with E-state index >= 15 is 0 Å². The van der Waals surface area contributed by atoms with Gasteiger partial charge in [-0.15, -0.1) is 0 Å². The van der Waals surface area contributed by atoms with Crippen LogP contribution >= 0.6 is 0 Å². The highest BCUT2D eigenvalue weighted by Crippen LogP contribution is 2.20. The van der Waals surface area contributed by atoms with E-state index in [0.29, 0.717) is 6.04 Å². The third-order valence-corrected chi connectivity index (χ3v) is 4.61. The standard InChI is InChI=1S/C16H24N2/c1-13-6-7-16(12-17-13)18-10-8-14-4-2-3-5-15(14)9-11-18/h2-5,13,16-17H,6-12H2,1H3. The molecule has 0 aromatic heterocycles. The number of rotatable bonds is 1. The van der Waals surface area contributed by atoms with Crippen LogP contribution in [0.1, 0.15) is 30.9 Å². The molecule has 0 saturated carbocycles. The molecule has 0 bridgehead atoms. The van der Waals surface area contributed by atoms with Gasteiger partial charge in [0.1, 0.15) is 0 Å². The molecule has 2 nitrogen and oxygen atoms in total. The molecule has 2 heteroatoms. The number of nitrogens with zero attached hydrogens (tertiary/aromatic N) is 1. The van der Waals surface area contributed by atoms with Gasteiger partial charge < -0.3 is 5.32 Å². The summed E-state index contributed by atoms with van der Waals surface area (Å²) >= 11 is 0. The van der Waals surface area contributed by atoms with E-state index in [1.54, 1.807) is 11.1 Å². The van der Waals surface area contributed by atoms with Gasteiger partial charge in [-0.2, -0.15) is 0 Å². The van der Waals surface area contributed by atoms with Crippen LogP contribution in [0.5, 0.6) is 0 Å². The van der Waals surface area contributed by atoms with E-state index in [4.69, 9.17) is 0 Å². The van der Waals surface area contributed by atoms with Crippen LogP contribution in [0.15, 0.2) is 24.3 Å². The van der Waals surface area contributed by atoms with Crippen molar-refractivity contribution < 1.29 is 0 Å². The Morgan fingerprint density at radius 1 is 1.06 bits per heavy atom. The molecular weight excluding hydrogens is 220 g/mol. The van der Waals surface area contributed by atoms with E-state index < -0.39 is 0 Å². The molecule has 3 rings (SSSR count). The van der Waals surface area contributed by atoms with Gasteiger partial charge in [0.05, 0.1) is 0 Å². The summed E-state index contributed by atoms with van der Waals surface area (Å²) < 4.78 is 0. The first-order valence-electron chi connectivity index (χ1n) is 7.37. The average molecular weight is 244 g/mol. The molecule has 18 heavy (non-hydrogen) atoms. The van der Waals surface area contributed by atoms with Crippen LogP contribution in [0.3, 0.4) is 0 Å². The van der Waals surface area contributed by atoms with Crippen LogP contribution in [0, 0.1) is 0 Å². The first-order chi connectivity index (χ1) is 8.83. The SMILES string of the molecule is CC1CCC(N2CCc3ccccc3CC2)CN1. The van der Waals surface area contributed by atoms with Crippen molar-refractivity contribution in [3.63, 3.8) is 0 Å². The summed E-state index contributed by atoms with van der Waals surface area (Å²) in [4.78, 5) is 2.71. The Labute approximate surface area is 110 Å². The van der Waals surface area contributed by atoms with Crippen LogP contribution < -0.4 is 5.32 Å². The maximum atomic E-state index is 3.63. The van der Waals surface area contributed by atoms with Crippen molar-refractivity contribution in [2.45, 2.75) is 44.7 Å². The maximum absolute atomic E-state index is 3.63. The lowest BCUT2D eigenvalue weighted by atomic mass is 10.0. The molecule has 1 aromatic rings. The predicted octanol–water partition coefficient (Wildman–Crippen LogP) is 2.23. The minimum absolute atomic E-state index is 0.713. The van der Waals surface area contributed by atoms with Gasteiger partial charge in [-0.1, -0.05) is 24.3 Å². The molecular formula is C16H24N2. The van der Waals surface area contributed by atoms with Crippen LogP contribution in [-0.4, -0.2) is 36.6 Å². The number of fused-ring (bicyclic) bond motifs is 1. The Hall–Kier alpha value is -0.860. The Morgan fingerprint density at radius 2 is 1.72 bits per heavy atom. The monoisotopic (exact) mass is 244 g/mol. The van der Waals surface area contributed by atoms with Crippen LogP contribution in [-0.2, 0) is 12.8 Å². The number of nitrogens with one attached hydrogen (secondary N) is 1. The molecule has 1 fully saturated rings. The highest BCUT2D eigenvalue weighted by atomic mass is 15.2. The zero-order chi connectivity index (χ0) is 12.4. The molecule has 2 aliphatic heterocycles. The Balaban J connectivity index is 1.64. The first-order valence-corrected chi connectivity index (χ1v) is 7.37. The molecule has 2 heterocycles. The lowest BCUT2D eigenvalue weighted by Crippen LogP contribution is -2.49. The van der Waals surface area contributed by atoms with Gasteiger partial charge in [-0.3, -0.25) is 4.90 Å². The van der Waals surface area contributed by atoms with E-state index in [9.17, 15) is 0 Å². The van der Waals surface area contributed by atoms with Crippen LogP contribution in [0.2, 0.25) is 0 Å². The minimum atomic E-state index is 0.713. The summed E-state index contributed by atoms with van der Waals surface area (Å²) in [6.45, 7) is 5.95. The van der Waals surface area contributed by atoms with Gasteiger partial charge in [-0.25, -0.2) is 0 Å². The van der Waals surface area contributed by atoms with E-state index in [2.05, 4.69) is 41.4 Å². The van der Waals surface area contributed by atoms with Gasteiger partial charge in [0.25, 0.3) is 0 Å². The fourth-order valence-electron chi connectivity index (χ4n) is 3.35. The largest absolute Gasteiger partial charge is 0.313 e. The number of hydrogen-bond acceptors (Lipinski definition) is 2. The van der Waals surface area contributed by atoms with Crippen molar-refractivity contribution in [1.82, 2.24) is 10.2 Å².